The van der Waals surface area contributed by atoms with Gasteiger partial charge in [-0.3, -0.25) is 9.20 Å². The van der Waals surface area contributed by atoms with E-state index in [-0.39, 0.29) is 18.0 Å². The first kappa shape index (κ1) is 19.5. The predicted octanol–water partition coefficient (Wildman–Crippen LogP) is 4.62. The summed E-state index contributed by atoms with van der Waals surface area (Å²) in [5.74, 6) is 3.20. The molecule has 7 nitrogen and oxygen atoms in total. The van der Waals surface area contributed by atoms with Crippen LogP contribution in [0.2, 0.25) is 0 Å². The van der Waals surface area contributed by atoms with Gasteiger partial charge in [0.1, 0.15) is 34.4 Å². The third kappa shape index (κ3) is 3.24. The summed E-state index contributed by atoms with van der Waals surface area (Å²) in [5.41, 5.74) is 8.70. The smallest absolute Gasteiger partial charge is 0.246 e. The van der Waals surface area contributed by atoms with Crippen LogP contribution in [0.25, 0.3) is 16.8 Å². The van der Waals surface area contributed by atoms with E-state index in [1.54, 1.807) is 6.20 Å². The average molecular weight is 438 g/mol. The highest BCUT2D eigenvalue weighted by Gasteiger charge is 2.55. The lowest BCUT2D eigenvalue weighted by molar-refractivity contribution is -0.128. The van der Waals surface area contributed by atoms with Crippen LogP contribution in [0, 0.1) is 5.92 Å². The molecule has 3 heterocycles. The Morgan fingerprint density at radius 3 is 2.61 bits per heavy atom. The summed E-state index contributed by atoms with van der Waals surface area (Å²) >= 11 is 0. The fourth-order valence-electron chi connectivity index (χ4n) is 4.94. The van der Waals surface area contributed by atoms with E-state index in [1.165, 1.54) is 6.08 Å². The second-order valence-corrected chi connectivity index (χ2v) is 8.55. The number of imidazole rings is 1. The zero-order chi connectivity index (χ0) is 22.5. The molecule has 1 saturated heterocycles. The monoisotopic (exact) mass is 437 g/mol. The normalized spacial score (nSPS) is 21.1. The minimum Gasteiger partial charge on any atom is -0.457 e. The molecule has 3 unspecified atom stereocenters. The van der Waals surface area contributed by atoms with E-state index in [9.17, 15) is 4.79 Å². The molecule has 1 aliphatic carbocycles. The molecule has 7 heteroatoms. The number of para-hydroxylation sites is 1. The second kappa shape index (κ2) is 7.48. The molecule has 3 atom stereocenters. The van der Waals surface area contributed by atoms with Gasteiger partial charge in [0.15, 0.2) is 0 Å². The van der Waals surface area contributed by atoms with E-state index < -0.39 is 0 Å². The Morgan fingerprint density at radius 1 is 1.09 bits per heavy atom. The van der Waals surface area contributed by atoms with Crippen molar-refractivity contribution in [1.82, 2.24) is 19.3 Å². The van der Waals surface area contributed by atoms with Gasteiger partial charge in [0.2, 0.25) is 5.91 Å². The summed E-state index contributed by atoms with van der Waals surface area (Å²) in [6, 6.07) is 17.6. The van der Waals surface area contributed by atoms with Gasteiger partial charge in [0, 0.05) is 24.0 Å². The number of anilines is 1. The van der Waals surface area contributed by atoms with Crippen molar-refractivity contribution in [2.24, 2.45) is 5.92 Å². The van der Waals surface area contributed by atoms with E-state index in [0.29, 0.717) is 11.7 Å². The Morgan fingerprint density at radius 2 is 1.85 bits per heavy atom. The van der Waals surface area contributed by atoms with Crippen LogP contribution in [0.1, 0.15) is 24.7 Å². The Hall–Kier alpha value is -4.13. The van der Waals surface area contributed by atoms with Crippen LogP contribution >= 0.6 is 0 Å². The molecular formula is C26H23N5O2. The number of nitrogens with zero attached hydrogens (tertiary/aromatic N) is 4. The number of amides is 1. The SMILES string of the molecule is C=CC(=O)N1C(c2nc(-c3ccc(Oc4ccccc4)cc3)c3c(N)nccn23)CC2CC21. The van der Waals surface area contributed by atoms with Gasteiger partial charge in [0.05, 0.1) is 6.04 Å². The fourth-order valence-corrected chi connectivity index (χ4v) is 4.94. The molecule has 1 saturated carbocycles. The quantitative estimate of drug-likeness (QED) is 0.461. The van der Waals surface area contributed by atoms with E-state index in [0.717, 1.165) is 46.9 Å². The first-order valence-corrected chi connectivity index (χ1v) is 11.0. The summed E-state index contributed by atoms with van der Waals surface area (Å²) in [6.45, 7) is 3.69. The largest absolute Gasteiger partial charge is 0.457 e. The molecule has 2 fully saturated rings. The van der Waals surface area contributed by atoms with E-state index in [2.05, 4.69) is 11.6 Å². The number of hydrogen-bond donors (Lipinski definition) is 1. The second-order valence-electron chi connectivity index (χ2n) is 8.55. The van der Waals surface area contributed by atoms with Crippen molar-refractivity contribution < 1.29 is 9.53 Å². The maximum Gasteiger partial charge on any atom is 0.246 e. The molecule has 0 spiro atoms. The van der Waals surface area contributed by atoms with Crippen LogP contribution in [0.15, 0.2) is 79.6 Å². The molecule has 1 amide bonds. The number of hydrogen-bond acceptors (Lipinski definition) is 5. The number of carbonyl (C=O) groups is 1. The summed E-state index contributed by atoms with van der Waals surface area (Å²) in [5, 5.41) is 0. The summed E-state index contributed by atoms with van der Waals surface area (Å²) in [7, 11) is 0. The third-order valence-electron chi connectivity index (χ3n) is 6.55. The zero-order valence-electron chi connectivity index (χ0n) is 18.0. The van der Waals surface area contributed by atoms with Gasteiger partial charge in [-0.15, -0.1) is 0 Å². The molecule has 0 bridgehead atoms. The van der Waals surface area contributed by atoms with Crippen LogP contribution in [0.3, 0.4) is 0 Å². The number of nitrogen functional groups attached to an aromatic ring is 1. The molecule has 164 valence electrons. The first-order valence-electron chi connectivity index (χ1n) is 11.0. The Bertz CT molecular complexity index is 1360. The lowest BCUT2D eigenvalue weighted by Gasteiger charge is -2.25. The van der Waals surface area contributed by atoms with Crippen molar-refractivity contribution in [1.29, 1.82) is 0 Å². The summed E-state index contributed by atoms with van der Waals surface area (Å²) < 4.78 is 7.90. The maximum absolute atomic E-state index is 12.6. The molecule has 2 aromatic heterocycles. The molecule has 6 rings (SSSR count). The highest BCUT2D eigenvalue weighted by Crippen LogP contribution is 2.53. The maximum atomic E-state index is 12.6. The Kier molecular flexibility index (Phi) is 4.43. The number of carbonyl (C=O) groups excluding carboxylic acids is 1. The molecule has 2 N–H and O–H groups in total. The number of piperidine rings is 1. The van der Waals surface area contributed by atoms with Gasteiger partial charge < -0.3 is 15.4 Å². The van der Waals surface area contributed by atoms with Crippen molar-refractivity contribution in [2.75, 3.05) is 5.73 Å². The van der Waals surface area contributed by atoms with Crippen molar-refractivity contribution in [3.8, 4) is 22.8 Å². The number of aromatic nitrogens is 3. The minimum atomic E-state index is -0.108. The van der Waals surface area contributed by atoms with Crippen LogP contribution in [0.4, 0.5) is 5.82 Å². The van der Waals surface area contributed by atoms with Gasteiger partial charge in [-0.05, 0) is 61.2 Å². The number of benzene rings is 2. The number of nitrogens with two attached hydrogens (primary N) is 1. The van der Waals surface area contributed by atoms with Crippen LogP contribution in [-0.4, -0.2) is 31.2 Å². The lowest BCUT2D eigenvalue weighted by Crippen LogP contribution is -2.33. The van der Waals surface area contributed by atoms with Gasteiger partial charge in [-0.25, -0.2) is 9.97 Å². The molecule has 4 aromatic rings. The van der Waals surface area contributed by atoms with Crippen molar-refractivity contribution in [3.05, 3.63) is 85.5 Å². The molecule has 33 heavy (non-hydrogen) atoms. The summed E-state index contributed by atoms with van der Waals surface area (Å²) in [4.78, 5) is 23.9. The number of rotatable bonds is 5. The van der Waals surface area contributed by atoms with Crippen molar-refractivity contribution in [3.63, 3.8) is 0 Å². The Balaban J connectivity index is 1.40. The fraction of sp³-hybridized carbons (Fsp3) is 0.192. The van der Waals surface area contributed by atoms with Crippen LogP contribution in [0.5, 0.6) is 11.5 Å². The molecule has 0 radical (unpaired) electrons. The van der Waals surface area contributed by atoms with E-state index in [1.807, 2.05) is 70.1 Å². The van der Waals surface area contributed by atoms with Crippen LogP contribution < -0.4 is 10.5 Å². The standard InChI is InChI=1S/C26H23N5O2/c1-2-22(32)31-20-14-17(20)15-21(31)26-29-23(24-25(27)28-12-13-30(24)26)16-8-10-19(11-9-16)33-18-6-4-3-5-7-18/h2-13,17,20-21H,1,14-15H2,(H2,27,28). The number of likely N-dealkylation sites (tertiary alicyclic amines) is 1. The molecular weight excluding hydrogens is 414 g/mol. The van der Waals surface area contributed by atoms with E-state index >= 15 is 0 Å². The van der Waals surface area contributed by atoms with Crippen molar-refractivity contribution >= 4 is 17.2 Å². The van der Waals surface area contributed by atoms with Gasteiger partial charge >= 0.3 is 0 Å². The third-order valence-corrected chi connectivity index (χ3v) is 6.55. The number of ether oxygens (including phenoxy) is 1. The zero-order valence-corrected chi connectivity index (χ0v) is 18.0. The summed E-state index contributed by atoms with van der Waals surface area (Å²) in [6.07, 6.45) is 6.88. The van der Waals surface area contributed by atoms with Gasteiger partial charge in [-0.1, -0.05) is 24.8 Å². The lowest BCUT2D eigenvalue weighted by atomic mass is 10.1. The molecule has 2 aliphatic rings. The van der Waals surface area contributed by atoms with E-state index in [4.69, 9.17) is 15.5 Å². The molecule has 1 aliphatic heterocycles. The predicted molar refractivity (Wildman–Crippen MR) is 126 cm³/mol. The van der Waals surface area contributed by atoms with Crippen LogP contribution in [-0.2, 0) is 4.79 Å². The Labute approximate surface area is 191 Å². The van der Waals surface area contributed by atoms with Gasteiger partial charge in [0.25, 0.3) is 0 Å². The van der Waals surface area contributed by atoms with Gasteiger partial charge in [-0.2, -0.15) is 0 Å². The van der Waals surface area contributed by atoms with Crippen molar-refractivity contribution in [2.45, 2.75) is 24.9 Å². The first-order chi connectivity index (χ1) is 16.1. The highest BCUT2D eigenvalue weighted by molar-refractivity contribution is 5.89. The minimum absolute atomic E-state index is 0.0484. The topological polar surface area (TPSA) is 85.8 Å². The highest BCUT2D eigenvalue weighted by atomic mass is 16.5. The number of fused-ring (bicyclic) bond motifs is 2. The average Bonchev–Trinajstić information content (AvgIpc) is 3.33. The molecule has 2 aromatic carbocycles.